The van der Waals surface area contributed by atoms with Crippen LogP contribution in [-0.2, 0) is 6.54 Å². The number of halogens is 4. The summed E-state index contributed by atoms with van der Waals surface area (Å²) >= 11 is 0. The highest BCUT2D eigenvalue weighted by Crippen LogP contribution is 2.24. The predicted molar refractivity (Wildman–Crippen MR) is 64.8 cm³/mol. The molecule has 0 saturated heterocycles. The highest BCUT2D eigenvalue weighted by molar-refractivity contribution is 5.23. The van der Waals surface area contributed by atoms with Crippen molar-refractivity contribution in [1.82, 2.24) is 9.55 Å². The Hall–Kier alpha value is -1.93. The maximum absolute atomic E-state index is 12.8. The molecule has 0 spiro atoms. The number of aliphatic hydroxyl groups excluding tert-OH is 2. The van der Waals surface area contributed by atoms with Crippen molar-refractivity contribution in [3.63, 3.8) is 0 Å². The lowest BCUT2D eigenvalue weighted by Crippen LogP contribution is -2.33. The molecule has 0 amide bonds. The average Bonchev–Trinajstić information content (AvgIpc) is 2.86. The second-order valence-corrected chi connectivity index (χ2v) is 4.45. The maximum atomic E-state index is 12.8. The van der Waals surface area contributed by atoms with E-state index in [1.165, 1.54) is 24.5 Å². The molecule has 0 saturated carbocycles. The van der Waals surface area contributed by atoms with Crippen LogP contribution in [0.1, 0.15) is 17.5 Å². The fourth-order valence-corrected chi connectivity index (χ4v) is 1.81. The van der Waals surface area contributed by atoms with Crippen molar-refractivity contribution in [3.8, 4) is 0 Å². The molecule has 0 aliphatic rings. The molecule has 21 heavy (non-hydrogen) atoms. The Bertz CT molecular complexity index is 595. The summed E-state index contributed by atoms with van der Waals surface area (Å²) in [6.07, 6.45) is -6.21. The zero-order chi connectivity index (χ0) is 15.6. The smallest absolute Gasteiger partial charge is 0.382 e. The van der Waals surface area contributed by atoms with Crippen LogP contribution in [0.25, 0.3) is 0 Å². The molecule has 1 heterocycles. The first-order valence-corrected chi connectivity index (χ1v) is 5.98. The molecule has 1 aromatic carbocycles. The van der Waals surface area contributed by atoms with Gasteiger partial charge in [-0.3, -0.25) is 0 Å². The van der Waals surface area contributed by atoms with Crippen LogP contribution in [0.4, 0.5) is 17.6 Å². The number of hydrogen-bond donors (Lipinski definition) is 2. The van der Waals surface area contributed by atoms with E-state index in [4.69, 9.17) is 5.11 Å². The molecule has 1 aromatic heterocycles. The van der Waals surface area contributed by atoms with E-state index in [0.29, 0.717) is 0 Å². The normalized spacial score (nSPS) is 15.0. The molecule has 8 heteroatoms. The molecule has 0 unspecified atom stereocenters. The van der Waals surface area contributed by atoms with E-state index in [9.17, 15) is 22.7 Å². The van der Waals surface area contributed by atoms with Crippen molar-refractivity contribution in [2.24, 2.45) is 0 Å². The van der Waals surface area contributed by atoms with Crippen molar-refractivity contribution in [3.05, 3.63) is 53.9 Å². The molecule has 2 aromatic rings. The van der Waals surface area contributed by atoms with E-state index in [-0.39, 0.29) is 11.4 Å². The van der Waals surface area contributed by atoms with Gasteiger partial charge >= 0.3 is 6.18 Å². The molecule has 2 atom stereocenters. The highest BCUT2D eigenvalue weighted by Gasteiger charge is 2.38. The van der Waals surface area contributed by atoms with Gasteiger partial charge in [-0.05, 0) is 17.7 Å². The van der Waals surface area contributed by atoms with Crippen LogP contribution in [0.2, 0.25) is 0 Å². The van der Waals surface area contributed by atoms with E-state index >= 15 is 0 Å². The molecule has 0 radical (unpaired) electrons. The quantitative estimate of drug-likeness (QED) is 0.850. The molecule has 0 aliphatic heterocycles. The molecule has 2 N–H and O–H groups in total. The Balaban J connectivity index is 2.21. The molecule has 4 nitrogen and oxygen atoms in total. The Labute approximate surface area is 117 Å². The largest absolute Gasteiger partial charge is 0.416 e. The molecule has 2 rings (SSSR count). The Kier molecular flexibility index (Phi) is 4.29. The van der Waals surface area contributed by atoms with Crippen LogP contribution < -0.4 is 0 Å². The first-order valence-electron chi connectivity index (χ1n) is 5.98. The van der Waals surface area contributed by atoms with Crippen molar-refractivity contribution in [2.75, 3.05) is 0 Å². The minimum Gasteiger partial charge on any atom is -0.382 e. The van der Waals surface area contributed by atoms with Gasteiger partial charge in [0, 0.05) is 12.4 Å². The molecule has 0 aliphatic carbocycles. The second kappa shape index (κ2) is 5.82. The number of alkyl halides is 3. The number of rotatable bonds is 4. The lowest BCUT2D eigenvalue weighted by atomic mass is 10.1. The summed E-state index contributed by atoms with van der Waals surface area (Å²) in [6, 6.07) is 4.85. The van der Waals surface area contributed by atoms with Crippen molar-refractivity contribution in [2.45, 2.75) is 24.9 Å². The second-order valence-electron chi connectivity index (χ2n) is 4.45. The van der Waals surface area contributed by atoms with Gasteiger partial charge in [0.2, 0.25) is 0 Å². The standard InChI is InChI=1S/C13H12F4N2O2/c14-9-3-1-8(2-4-9)11(21)12-18-5-6-19(12)7-10(20)13(15,16)17/h1-6,10-11,20-21H,7H2/t10-,11+/m1/s1. The van der Waals surface area contributed by atoms with E-state index in [0.717, 1.165) is 16.7 Å². The summed E-state index contributed by atoms with van der Waals surface area (Å²) in [5, 5.41) is 19.2. The van der Waals surface area contributed by atoms with Crippen LogP contribution in [0.3, 0.4) is 0 Å². The van der Waals surface area contributed by atoms with E-state index in [1.54, 1.807) is 0 Å². The minimum absolute atomic E-state index is 0.0649. The van der Waals surface area contributed by atoms with Gasteiger partial charge in [-0.2, -0.15) is 13.2 Å². The van der Waals surface area contributed by atoms with Gasteiger partial charge in [-0.1, -0.05) is 12.1 Å². The fraction of sp³-hybridized carbons (Fsp3) is 0.308. The van der Waals surface area contributed by atoms with Crippen molar-refractivity contribution >= 4 is 0 Å². The van der Waals surface area contributed by atoms with Crippen molar-refractivity contribution < 1.29 is 27.8 Å². The highest BCUT2D eigenvalue weighted by atomic mass is 19.4. The Morgan fingerprint density at radius 3 is 2.33 bits per heavy atom. The van der Waals surface area contributed by atoms with E-state index in [1.807, 2.05) is 0 Å². The van der Waals surface area contributed by atoms with Crippen LogP contribution in [0, 0.1) is 5.82 Å². The zero-order valence-electron chi connectivity index (χ0n) is 10.6. The van der Waals surface area contributed by atoms with Crippen LogP contribution in [-0.4, -0.2) is 32.0 Å². The maximum Gasteiger partial charge on any atom is 0.416 e. The predicted octanol–water partition coefficient (Wildman–Crippen LogP) is 2.03. The minimum atomic E-state index is -4.76. The third kappa shape index (κ3) is 3.59. The summed E-state index contributed by atoms with van der Waals surface area (Å²) in [5.41, 5.74) is 0.283. The number of nitrogens with zero attached hydrogens (tertiary/aromatic N) is 2. The van der Waals surface area contributed by atoms with Crippen LogP contribution in [0.15, 0.2) is 36.7 Å². The first-order chi connectivity index (χ1) is 9.79. The SMILES string of the molecule is O[C@@H](c1ccc(F)cc1)c1nccn1C[C@@H](O)C(F)(F)F. The molecule has 0 bridgehead atoms. The van der Waals surface area contributed by atoms with Gasteiger partial charge in [0.05, 0.1) is 6.54 Å². The monoisotopic (exact) mass is 304 g/mol. The Morgan fingerprint density at radius 2 is 1.76 bits per heavy atom. The summed E-state index contributed by atoms with van der Waals surface area (Å²) in [7, 11) is 0. The summed E-state index contributed by atoms with van der Waals surface area (Å²) in [6.45, 7) is -0.781. The third-order valence-corrected chi connectivity index (χ3v) is 2.93. The number of aliphatic hydroxyl groups is 2. The molecular weight excluding hydrogens is 292 g/mol. The lowest BCUT2D eigenvalue weighted by Gasteiger charge is -2.18. The van der Waals surface area contributed by atoms with Crippen molar-refractivity contribution in [1.29, 1.82) is 0 Å². The molecule has 114 valence electrons. The average molecular weight is 304 g/mol. The Morgan fingerprint density at radius 1 is 1.14 bits per heavy atom. The fourth-order valence-electron chi connectivity index (χ4n) is 1.81. The van der Waals surface area contributed by atoms with Gasteiger partial charge in [0.1, 0.15) is 17.7 Å². The zero-order valence-corrected chi connectivity index (χ0v) is 10.6. The topological polar surface area (TPSA) is 58.3 Å². The van der Waals surface area contributed by atoms with Gasteiger partial charge in [0.25, 0.3) is 0 Å². The van der Waals surface area contributed by atoms with Gasteiger partial charge in [-0.25, -0.2) is 9.37 Å². The number of hydrogen-bond acceptors (Lipinski definition) is 3. The van der Waals surface area contributed by atoms with Crippen LogP contribution >= 0.6 is 0 Å². The lowest BCUT2D eigenvalue weighted by molar-refractivity contribution is -0.207. The van der Waals surface area contributed by atoms with Gasteiger partial charge in [-0.15, -0.1) is 0 Å². The van der Waals surface area contributed by atoms with Gasteiger partial charge in [0.15, 0.2) is 6.10 Å². The van der Waals surface area contributed by atoms with Gasteiger partial charge < -0.3 is 14.8 Å². The molecule has 0 fully saturated rings. The number of imidazole rings is 1. The van der Waals surface area contributed by atoms with Crippen LogP contribution in [0.5, 0.6) is 0 Å². The first kappa shape index (κ1) is 15.5. The van der Waals surface area contributed by atoms with E-state index < -0.39 is 30.7 Å². The van der Waals surface area contributed by atoms with E-state index in [2.05, 4.69) is 4.98 Å². The molecular formula is C13H12F4N2O2. The number of benzene rings is 1. The summed E-state index contributed by atoms with van der Waals surface area (Å²) < 4.78 is 50.9. The summed E-state index contributed by atoms with van der Waals surface area (Å²) in [4.78, 5) is 3.79. The third-order valence-electron chi connectivity index (χ3n) is 2.93. The summed E-state index contributed by atoms with van der Waals surface area (Å²) in [5.74, 6) is -0.563. The number of aromatic nitrogens is 2.